The van der Waals surface area contributed by atoms with E-state index in [-0.39, 0.29) is 17.7 Å². The molecule has 0 saturated carbocycles. The molecule has 2 amide bonds. The highest BCUT2D eigenvalue weighted by atomic mass is 16.5. The Morgan fingerprint density at radius 3 is 3.07 bits per heavy atom. The average Bonchev–Trinajstić information content (AvgIpc) is 3.32. The number of benzene rings is 1. The van der Waals surface area contributed by atoms with Gasteiger partial charge in [-0.05, 0) is 44.7 Å². The highest BCUT2D eigenvalue weighted by Gasteiger charge is 2.65. The van der Waals surface area contributed by atoms with Crippen molar-refractivity contribution in [1.82, 2.24) is 10.2 Å². The van der Waals surface area contributed by atoms with Gasteiger partial charge in [-0.1, -0.05) is 25.1 Å². The van der Waals surface area contributed by atoms with Crippen LogP contribution in [0.4, 0.5) is 5.69 Å². The number of hydrogen-bond donors (Lipinski definition) is 2. The van der Waals surface area contributed by atoms with Crippen molar-refractivity contribution in [3.63, 3.8) is 0 Å². The van der Waals surface area contributed by atoms with Gasteiger partial charge in [-0.15, -0.1) is 0 Å². The van der Waals surface area contributed by atoms with Gasteiger partial charge in [0.2, 0.25) is 11.8 Å². The number of amides is 2. The highest BCUT2D eigenvalue weighted by Crippen LogP contribution is 2.55. The van der Waals surface area contributed by atoms with Crippen molar-refractivity contribution in [3.05, 3.63) is 29.8 Å². The number of para-hydroxylation sites is 1. The molecule has 1 spiro atoms. The van der Waals surface area contributed by atoms with E-state index in [0.29, 0.717) is 19.2 Å². The van der Waals surface area contributed by atoms with Crippen LogP contribution in [-0.4, -0.2) is 49.1 Å². The molecule has 0 bridgehead atoms. The Balaban J connectivity index is 1.54. The zero-order chi connectivity index (χ0) is 18.9. The Labute approximate surface area is 160 Å². The van der Waals surface area contributed by atoms with E-state index in [1.165, 1.54) is 0 Å². The minimum atomic E-state index is -0.847. The third kappa shape index (κ3) is 2.95. The SMILES string of the molecule is CCCOCCCNC(=O)[C@H]1C[C@H]2CCCN2[C@]12C(=O)Nc1ccccc12. The van der Waals surface area contributed by atoms with Gasteiger partial charge in [-0.2, -0.15) is 0 Å². The molecule has 3 atom stereocenters. The van der Waals surface area contributed by atoms with E-state index < -0.39 is 5.54 Å². The smallest absolute Gasteiger partial charge is 0.250 e. The number of ether oxygens (including phenoxy) is 1. The summed E-state index contributed by atoms with van der Waals surface area (Å²) in [5.41, 5.74) is 0.965. The molecule has 6 heteroatoms. The average molecular weight is 371 g/mol. The molecule has 3 aliphatic heterocycles. The van der Waals surface area contributed by atoms with Crippen molar-refractivity contribution in [1.29, 1.82) is 0 Å². The quantitative estimate of drug-likeness (QED) is 0.721. The second-order valence-electron chi connectivity index (χ2n) is 7.80. The minimum Gasteiger partial charge on any atom is -0.381 e. The minimum absolute atomic E-state index is 0.00764. The predicted octanol–water partition coefficient (Wildman–Crippen LogP) is 2.25. The maximum absolute atomic E-state index is 13.2. The largest absolute Gasteiger partial charge is 0.381 e. The fourth-order valence-electron chi connectivity index (χ4n) is 5.14. The molecule has 2 N–H and O–H groups in total. The van der Waals surface area contributed by atoms with Gasteiger partial charge in [-0.3, -0.25) is 14.5 Å². The van der Waals surface area contributed by atoms with E-state index in [9.17, 15) is 9.59 Å². The zero-order valence-corrected chi connectivity index (χ0v) is 16.0. The van der Waals surface area contributed by atoms with Crippen molar-refractivity contribution < 1.29 is 14.3 Å². The van der Waals surface area contributed by atoms with Gasteiger partial charge in [0.15, 0.2) is 0 Å². The molecule has 27 heavy (non-hydrogen) atoms. The van der Waals surface area contributed by atoms with Crippen LogP contribution in [0.3, 0.4) is 0 Å². The lowest BCUT2D eigenvalue weighted by atomic mass is 9.78. The monoisotopic (exact) mass is 371 g/mol. The molecule has 1 aromatic carbocycles. The second-order valence-corrected chi connectivity index (χ2v) is 7.80. The first-order valence-corrected chi connectivity index (χ1v) is 10.2. The number of hydrogen-bond acceptors (Lipinski definition) is 4. The lowest BCUT2D eigenvalue weighted by Gasteiger charge is -2.36. The fraction of sp³-hybridized carbons (Fsp3) is 0.619. The molecular weight excluding hydrogens is 342 g/mol. The number of carbonyl (C=O) groups excluding carboxylic acids is 2. The molecule has 0 aliphatic carbocycles. The van der Waals surface area contributed by atoms with E-state index in [2.05, 4.69) is 22.5 Å². The molecule has 3 heterocycles. The van der Waals surface area contributed by atoms with Crippen molar-refractivity contribution >= 4 is 17.5 Å². The zero-order valence-electron chi connectivity index (χ0n) is 16.0. The Kier molecular flexibility index (Phi) is 5.19. The number of rotatable bonds is 7. The third-order valence-corrected chi connectivity index (χ3v) is 6.20. The van der Waals surface area contributed by atoms with Gasteiger partial charge >= 0.3 is 0 Å². The van der Waals surface area contributed by atoms with Gasteiger partial charge in [0.1, 0.15) is 5.54 Å². The summed E-state index contributed by atoms with van der Waals surface area (Å²) in [5.74, 6) is -0.394. The summed E-state index contributed by atoms with van der Waals surface area (Å²) in [6.07, 6.45) is 4.70. The maximum atomic E-state index is 13.2. The van der Waals surface area contributed by atoms with E-state index in [0.717, 1.165) is 56.5 Å². The van der Waals surface area contributed by atoms with E-state index in [1.54, 1.807) is 0 Å². The van der Waals surface area contributed by atoms with Gasteiger partial charge in [0.25, 0.3) is 0 Å². The molecule has 6 nitrogen and oxygen atoms in total. The number of nitrogens with one attached hydrogen (secondary N) is 2. The molecule has 0 aromatic heterocycles. The molecule has 4 rings (SSSR count). The van der Waals surface area contributed by atoms with Gasteiger partial charge in [0, 0.05) is 37.1 Å². The second kappa shape index (κ2) is 7.60. The fourth-order valence-corrected chi connectivity index (χ4v) is 5.14. The summed E-state index contributed by atoms with van der Waals surface area (Å²) >= 11 is 0. The Bertz CT molecular complexity index is 722. The first kappa shape index (κ1) is 18.4. The van der Waals surface area contributed by atoms with Crippen LogP contribution < -0.4 is 10.6 Å². The Morgan fingerprint density at radius 2 is 2.22 bits per heavy atom. The van der Waals surface area contributed by atoms with E-state index in [1.807, 2.05) is 24.3 Å². The van der Waals surface area contributed by atoms with Gasteiger partial charge in [0.05, 0.1) is 5.92 Å². The number of carbonyl (C=O) groups is 2. The summed E-state index contributed by atoms with van der Waals surface area (Å²) in [5, 5.41) is 6.11. The standard InChI is InChI=1S/C21H29N3O3/c1-2-12-27-13-6-10-22-19(25)17-14-15-7-5-11-24(15)21(17)16-8-3-4-9-18(16)23-20(21)26/h3-4,8-9,15,17H,2,5-7,10-14H2,1H3,(H,22,25)(H,23,26)/t15-,17-,21+/m1/s1. The van der Waals surface area contributed by atoms with Crippen LogP contribution >= 0.6 is 0 Å². The summed E-state index contributed by atoms with van der Waals surface area (Å²) in [7, 11) is 0. The Hall–Kier alpha value is -1.92. The molecule has 0 radical (unpaired) electrons. The van der Waals surface area contributed by atoms with Crippen LogP contribution in [0.2, 0.25) is 0 Å². The Morgan fingerprint density at radius 1 is 1.37 bits per heavy atom. The number of anilines is 1. The molecule has 2 saturated heterocycles. The summed E-state index contributed by atoms with van der Waals surface area (Å²) < 4.78 is 5.48. The van der Waals surface area contributed by atoms with Gasteiger partial charge < -0.3 is 15.4 Å². The molecular formula is C21H29N3O3. The number of nitrogens with zero attached hydrogens (tertiary/aromatic N) is 1. The lowest BCUT2D eigenvalue weighted by Crippen LogP contribution is -2.54. The third-order valence-electron chi connectivity index (χ3n) is 6.20. The molecule has 3 aliphatic rings. The molecule has 0 unspecified atom stereocenters. The lowest BCUT2D eigenvalue weighted by molar-refractivity contribution is -0.137. The summed E-state index contributed by atoms with van der Waals surface area (Å²) in [6.45, 7) is 4.96. The van der Waals surface area contributed by atoms with Crippen LogP contribution in [0.1, 0.15) is 44.6 Å². The van der Waals surface area contributed by atoms with Gasteiger partial charge in [-0.25, -0.2) is 0 Å². The van der Waals surface area contributed by atoms with Crippen LogP contribution in [0.15, 0.2) is 24.3 Å². The van der Waals surface area contributed by atoms with Crippen LogP contribution in [0, 0.1) is 5.92 Å². The first-order chi connectivity index (χ1) is 13.2. The van der Waals surface area contributed by atoms with Crippen molar-refractivity contribution in [2.75, 3.05) is 31.6 Å². The predicted molar refractivity (Wildman–Crippen MR) is 103 cm³/mol. The highest BCUT2D eigenvalue weighted by molar-refractivity contribution is 6.09. The normalized spacial score (nSPS) is 29.0. The van der Waals surface area contributed by atoms with Crippen molar-refractivity contribution in [3.8, 4) is 0 Å². The summed E-state index contributed by atoms with van der Waals surface area (Å²) in [6, 6.07) is 8.15. The molecule has 2 fully saturated rings. The van der Waals surface area contributed by atoms with Crippen LogP contribution in [0.25, 0.3) is 0 Å². The molecule has 1 aromatic rings. The van der Waals surface area contributed by atoms with Crippen molar-refractivity contribution in [2.45, 2.75) is 50.6 Å². The molecule has 146 valence electrons. The van der Waals surface area contributed by atoms with Crippen LogP contribution in [0.5, 0.6) is 0 Å². The topological polar surface area (TPSA) is 70.7 Å². The van der Waals surface area contributed by atoms with E-state index in [4.69, 9.17) is 4.74 Å². The van der Waals surface area contributed by atoms with Crippen LogP contribution in [-0.2, 0) is 19.9 Å². The first-order valence-electron chi connectivity index (χ1n) is 10.2. The van der Waals surface area contributed by atoms with E-state index >= 15 is 0 Å². The van der Waals surface area contributed by atoms with Crippen molar-refractivity contribution in [2.24, 2.45) is 5.92 Å². The maximum Gasteiger partial charge on any atom is 0.250 e. The number of fused-ring (bicyclic) bond motifs is 4. The summed E-state index contributed by atoms with van der Waals surface area (Å²) in [4.78, 5) is 28.6.